The number of hydrogen-bond acceptors (Lipinski definition) is 2. The average Bonchev–Trinajstić information content (AvgIpc) is 2.43. The molecule has 0 spiro atoms. The molecule has 0 aliphatic carbocycles. The van der Waals surface area contributed by atoms with E-state index >= 15 is 0 Å². The predicted octanol–water partition coefficient (Wildman–Crippen LogP) is 0.941. The number of amides is 1. The Kier molecular flexibility index (Phi) is 2.02. The second kappa shape index (κ2) is 3.11. The summed E-state index contributed by atoms with van der Waals surface area (Å²) in [6.07, 6.45) is 0. The molecule has 1 aromatic rings. The molecular formula is C12H11NO2. The molecule has 1 N–H and O–H groups in total. The molecule has 3 nitrogen and oxygen atoms in total. The summed E-state index contributed by atoms with van der Waals surface area (Å²) in [6.45, 7) is 1.64. The third-order valence-electron chi connectivity index (χ3n) is 2.62. The Labute approximate surface area is 88.3 Å². The molecular weight excluding hydrogens is 190 g/mol. The van der Waals surface area contributed by atoms with Crippen molar-refractivity contribution in [3.8, 4) is 11.8 Å². The lowest BCUT2D eigenvalue weighted by Gasteiger charge is -2.25. The van der Waals surface area contributed by atoms with E-state index in [-0.39, 0.29) is 5.91 Å². The summed E-state index contributed by atoms with van der Waals surface area (Å²) >= 11 is 0. The number of carbonyl (C=O) groups excluding carboxylic acids is 1. The van der Waals surface area contributed by atoms with E-state index in [4.69, 9.17) is 0 Å². The number of aliphatic hydroxyl groups is 1. The molecule has 0 aromatic heterocycles. The molecule has 0 radical (unpaired) electrons. The number of benzene rings is 1. The van der Waals surface area contributed by atoms with Crippen molar-refractivity contribution < 1.29 is 9.90 Å². The van der Waals surface area contributed by atoms with Gasteiger partial charge in [0.15, 0.2) is 0 Å². The van der Waals surface area contributed by atoms with Gasteiger partial charge < -0.3 is 5.11 Å². The maximum Gasteiger partial charge on any atom is 0.257 e. The summed E-state index contributed by atoms with van der Waals surface area (Å²) in [7, 11) is 1.55. The molecule has 1 aliphatic heterocycles. The van der Waals surface area contributed by atoms with E-state index in [0.29, 0.717) is 11.1 Å². The molecule has 0 bridgehead atoms. The quantitative estimate of drug-likeness (QED) is 0.635. The van der Waals surface area contributed by atoms with Crippen LogP contribution < -0.4 is 0 Å². The van der Waals surface area contributed by atoms with Crippen molar-refractivity contribution in [2.75, 3.05) is 7.05 Å². The van der Waals surface area contributed by atoms with Crippen LogP contribution in [0, 0.1) is 11.8 Å². The van der Waals surface area contributed by atoms with Gasteiger partial charge in [0, 0.05) is 18.2 Å². The van der Waals surface area contributed by atoms with E-state index in [9.17, 15) is 9.90 Å². The van der Waals surface area contributed by atoms with Crippen LogP contribution in [0.2, 0.25) is 0 Å². The van der Waals surface area contributed by atoms with E-state index in [1.165, 1.54) is 4.90 Å². The minimum atomic E-state index is -1.47. The maximum absolute atomic E-state index is 11.8. The Bertz CT molecular complexity index is 484. The summed E-state index contributed by atoms with van der Waals surface area (Å²) in [5.74, 6) is 5.12. The lowest BCUT2D eigenvalue weighted by atomic mass is 10.0. The van der Waals surface area contributed by atoms with E-state index in [2.05, 4.69) is 11.8 Å². The number of hydrogen-bond donors (Lipinski definition) is 1. The Morgan fingerprint density at radius 3 is 2.73 bits per heavy atom. The minimum absolute atomic E-state index is 0.198. The minimum Gasteiger partial charge on any atom is -0.357 e. The van der Waals surface area contributed by atoms with Crippen molar-refractivity contribution in [2.45, 2.75) is 12.6 Å². The number of fused-ring (bicyclic) bond motifs is 1. The number of nitrogens with zero attached hydrogens (tertiary/aromatic N) is 1. The molecule has 1 amide bonds. The van der Waals surface area contributed by atoms with E-state index < -0.39 is 5.72 Å². The van der Waals surface area contributed by atoms with Crippen molar-refractivity contribution in [1.82, 2.24) is 4.90 Å². The van der Waals surface area contributed by atoms with Crippen LogP contribution in [-0.4, -0.2) is 23.0 Å². The highest BCUT2D eigenvalue weighted by Crippen LogP contribution is 2.35. The largest absolute Gasteiger partial charge is 0.357 e. The van der Waals surface area contributed by atoms with Crippen LogP contribution in [0.1, 0.15) is 22.8 Å². The van der Waals surface area contributed by atoms with Gasteiger partial charge in [-0.05, 0) is 18.9 Å². The van der Waals surface area contributed by atoms with Gasteiger partial charge in [-0.2, -0.15) is 0 Å². The van der Waals surface area contributed by atoms with Gasteiger partial charge in [-0.15, -0.1) is 5.92 Å². The normalized spacial score (nSPS) is 23.4. The van der Waals surface area contributed by atoms with Gasteiger partial charge in [0.25, 0.3) is 5.91 Å². The molecule has 0 saturated carbocycles. The molecule has 1 aliphatic rings. The third kappa shape index (κ3) is 1.15. The van der Waals surface area contributed by atoms with Crippen molar-refractivity contribution in [2.24, 2.45) is 0 Å². The first kappa shape index (κ1) is 9.75. The van der Waals surface area contributed by atoms with Gasteiger partial charge in [-0.1, -0.05) is 18.2 Å². The van der Waals surface area contributed by atoms with E-state index in [0.717, 1.165) is 0 Å². The molecule has 1 aromatic carbocycles. The number of carbonyl (C=O) groups is 1. The van der Waals surface area contributed by atoms with Gasteiger partial charge >= 0.3 is 0 Å². The standard InChI is InChI=1S/C12H11NO2/c1-3-8-12(15)10-7-5-4-6-9(10)11(14)13(12)2/h4-7,15H,1-2H3/t12-/m0/s1. The van der Waals surface area contributed by atoms with Crippen LogP contribution in [0.15, 0.2) is 24.3 Å². The fourth-order valence-electron chi connectivity index (χ4n) is 1.81. The molecule has 0 saturated heterocycles. The van der Waals surface area contributed by atoms with Crippen LogP contribution >= 0.6 is 0 Å². The molecule has 2 rings (SSSR count). The Hall–Kier alpha value is -1.79. The SMILES string of the molecule is CC#C[C@]1(O)c2ccccc2C(=O)N1C. The molecule has 15 heavy (non-hydrogen) atoms. The molecule has 0 unspecified atom stereocenters. The van der Waals surface area contributed by atoms with Gasteiger partial charge in [0.1, 0.15) is 0 Å². The maximum atomic E-state index is 11.8. The van der Waals surface area contributed by atoms with Crippen LogP contribution in [0.5, 0.6) is 0 Å². The topological polar surface area (TPSA) is 40.5 Å². The first-order valence-electron chi connectivity index (χ1n) is 4.65. The van der Waals surface area contributed by atoms with E-state index in [1.807, 2.05) is 0 Å². The van der Waals surface area contributed by atoms with Crippen LogP contribution in [0.25, 0.3) is 0 Å². The van der Waals surface area contributed by atoms with Gasteiger partial charge in [0.05, 0.1) is 0 Å². The van der Waals surface area contributed by atoms with Crippen molar-refractivity contribution in [1.29, 1.82) is 0 Å². The molecule has 0 fully saturated rings. The van der Waals surface area contributed by atoms with Crippen LogP contribution in [0.3, 0.4) is 0 Å². The fraction of sp³-hybridized carbons (Fsp3) is 0.250. The summed E-state index contributed by atoms with van der Waals surface area (Å²) in [4.78, 5) is 13.0. The third-order valence-corrected chi connectivity index (χ3v) is 2.62. The van der Waals surface area contributed by atoms with Crippen molar-refractivity contribution in [3.05, 3.63) is 35.4 Å². The molecule has 1 heterocycles. The number of rotatable bonds is 0. The molecule has 3 heteroatoms. The fourth-order valence-corrected chi connectivity index (χ4v) is 1.81. The summed E-state index contributed by atoms with van der Waals surface area (Å²) in [5, 5.41) is 10.3. The summed E-state index contributed by atoms with van der Waals surface area (Å²) in [6, 6.07) is 6.98. The smallest absolute Gasteiger partial charge is 0.257 e. The van der Waals surface area contributed by atoms with Crippen molar-refractivity contribution >= 4 is 5.91 Å². The van der Waals surface area contributed by atoms with Gasteiger partial charge in [-0.3, -0.25) is 9.69 Å². The summed E-state index contributed by atoms with van der Waals surface area (Å²) < 4.78 is 0. The van der Waals surface area contributed by atoms with E-state index in [1.54, 1.807) is 38.2 Å². The first-order valence-corrected chi connectivity index (χ1v) is 4.65. The molecule has 76 valence electrons. The Morgan fingerprint density at radius 1 is 1.40 bits per heavy atom. The van der Waals surface area contributed by atoms with Crippen molar-refractivity contribution in [3.63, 3.8) is 0 Å². The van der Waals surface area contributed by atoms with Gasteiger partial charge in [0.2, 0.25) is 5.72 Å². The van der Waals surface area contributed by atoms with Crippen LogP contribution in [0.4, 0.5) is 0 Å². The second-order valence-electron chi connectivity index (χ2n) is 3.46. The first-order chi connectivity index (χ1) is 7.11. The molecule has 1 atom stereocenters. The Balaban J connectivity index is 2.69. The van der Waals surface area contributed by atoms with Gasteiger partial charge in [-0.25, -0.2) is 0 Å². The Morgan fingerprint density at radius 2 is 2.07 bits per heavy atom. The zero-order valence-electron chi connectivity index (χ0n) is 8.61. The monoisotopic (exact) mass is 201 g/mol. The van der Waals surface area contributed by atoms with Crippen LogP contribution in [-0.2, 0) is 5.72 Å². The predicted molar refractivity (Wildman–Crippen MR) is 55.9 cm³/mol. The zero-order chi connectivity index (χ0) is 11.1. The highest BCUT2D eigenvalue weighted by Gasteiger charge is 2.45. The summed E-state index contributed by atoms with van der Waals surface area (Å²) in [5.41, 5.74) is -0.389. The lowest BCUT2D eigenvalue weighted by Crippen LogP contribution is -2.39. The lowest BCUT2D eigenvalue weighted by molar-refractivity contribution is -0.0223. The highest BCUT2D eigenvalue weighted by molar-refractivity contribution is 6.00. The second-order valence-corrected chi connectivity index (χ2v) is 3.46. The highest BCUT2D eigenvalue weighted by atomic mass is 16.3. The average molecular weight is 201 g/mol. The zero-order valence-corrected chi connectivity index (χ0v) is 8.61.